The van der Waals surface area contributed by atoms with Crippen molar-refractivity contribution in [2.24, 2.45) is 0 Å². The lowest BCUT2D eigenvalue weighted by Crippen LogP contribution is -2.30. The number of para-hydroxylation sites is 1. The maximum absolute atomic E-state index is 13.5. The van der Waals surface area contributed by atoms with Crippen molar-refractivity contribution in [3.63, 3.8) is 0 Å². The number of ether oxygens (including phenoxy) is 1. The fourth-order valence-corrected chi connectivity index (χ4v) is 1.93. The van der Waals surface area contributed by atoms with E-state index in [1.807, 2.05) is 0 Å². The molecule has 1 atom stereocenters. The number of halogens is 3. The Morgan fingerprint density at radius 1 is 1.24 bits per heavy atom. The van der Waals surface area contributed by atoms with Crippen molar-refractivity contribution in [1.29, 1.82) is 0 Å². The average molecular weight is 328 g/mol. The molecule has 2 aromatic rings. The van der Waals surface area contributed by atoms with Crippen LogP contribution < -0.4 is 10.1 Å². The highest BCUT2D eigenvalue weighted by molar-refractivity contribution is 6.34. The second-order valence-electron chi connectivity index (χ2n) is 4.30. The largest absolute Gasteiger partial charge is 0.479 e. The molecule has 2 rings (SSSR count). The van der Waals surface area contributed by atoms with E-state index in [-0.39, 0.29) is 5.69 Å². The molecular weight excluding hydrogens is 316 g/mol. The van der Waals surface area contributed by atoms with Gasteiger partial charge in [0.15, 0.2) is 6.10 Å². The van der Waals surface area contributed by atoms with E-state index in [0.717, 1.165) is 0 Å². The molecule has 1 amide bonds. The highest BCUT2D eigenvalue weighted by atomic mass is 35.5. The molecule has 0 radical (unpaired) electrons. The van der Waals surface area contributed by atoms with Crippen molar-refractivity contribution in [3.05, 3.63) is 58.3 Å². The lowest BCUT2D eigenvalue weighted by Gasteiger charge is -2.16. The third-order valence-corrected chi connectivity index (χ3v) is 3.25. The van der Waals surface area contributed by atoms with Gasteiger partial charge in [0.2, 0.25) is 0 Å². The Bertz CT molecular complexity index is 664. The molecule has 0 aromatic heterocycles. The first kappa shape index (κ1) is 15.6. The summed E-state index contributed by atoms with van der Waals surface area (Å²) in [4.78, 5) is 12.0. The molecule has 0 unspecified atom stereocenters. The number of anilines is 1. The molecule has 0 aliphatic rings. The fraction of sp³-hybridized carbons (Fsp3) is 0.133. The van der Waals surface area contributed by atoms with Crippen molar-refractivity contribution in [3.8, 4) is 5.75 Å². The Labute approximate surface area is 131 Å². The number of rotatable bonds is 4. The third kappa shape index (κ3) is 4.09. The molecule has 2 aromatic carbocycles. The normalized spacial score (nSPS) is 11.8. The van der Waals surface area contributed by atoms with Gasteiger partial charge in [-0.3, -0.25) is 4.79 Å². The summed E-state index contributed by atoms with van der Waals surface area (Å²) >= 11 is 11.8. The van der Waals surface area contributed by atoms with Crippen LogP contribution in [0, 0.1) is 5.82 Å². The lowest BCUT2D eigenvalue weighted by atomic mass is 10.3. The van der Waals surface area contributed by atoms with Gasteiger partial charge in [-0.15, -0.1) is 0 Å². The molecular formula is C15H12Cl2FNO2. The maximum Gasteiger partial charge on any atom is 0.265 e. The topological polar surface area (TPSA) is 38.3 Å². The van der Waals surface area contributed by atoms with E-state index < -0.39 is 17.8 Å². The maximum atomic E-state index is 13.5. The lowest BCUT2D eigenvalue weighted by molar-refractivity contribution is -0.122. The number of carbonyl (C=O) groups excluding carboxylic acids is 1. The van der Waals surface area contributed by atoms with Gasteiger partial charge in [-0.25, -0.2) is 4.39 Å². The Kier molecular flexibility index (Phi) is 5.04. The summed E-state index contributed by atoms with van der Waals surface area (Å²) in [5, 5.41) is 3.23. The number of nitrogens with one attached hydrogen (secondary N) is 1. The van der Waals surface area contributed by atoms with Gasteiger partial charge in [-0.05, 0) is 31.2 Å². The first-order chi connectivity index (χ1) is 9.97. The molecule has 0 saturated heterocycles. The summed E-state index contributed by atoms with van der Waals surface area (Å²) in [6, 6.07) is 10.6. The summed E-state index contributed by atoms with van der Waals surface area (Å²) < 4.78 is 18.9. The van der Waals surface area contributed by atoms with Crippen molar-refractivity contribution in [2.75, 3.05) is 5.32 Å². The molecule has 0 fully saturated rings. The van der Waals surface area contributed by atoms with E-state index in [1.165, 1.54) is 31.2 Å². The van der Waals surface area contributed by atoms with Crippen LogP contribution in [0.15, 0.2) is 42.5 Å². The van der Waals surface area contributed by atoms with Gasteiger partial charge in [0.1, 0.15) is 11.6 Å². The van der Waals surface area contributed by atoms with E-state index in [2.05, 4.69) is 5.32 Å². The Balaban J connectivity index is 2.06. The number of carbonyl (C=O) groups is 1. The van der Waals surface area contributed by atoms with Crippen molar-refractivity contribution >= 4 is 34.8 Å². The van der Waals surface area contributed by atoms with Crippen LogP contribution in [-0.4, -0.2) is 12.0 Å². The first-order valence-electron chi connectivity index (χ1n) is 6.14. The zero-order chi connectivity index (χ0) is 15.4. The zero-order valence-corrected chi connectivity index (χ0v) is 12.6. The van der Waals surface area contributed by atoms with E-state index in [4.69, 9.17) is 27.9 Å². The number of amides is 1. The minimum Gasteiger partial charge on any atom is -0.479 e. The molecule has 21 heavy (non-hydrogen) atoms. The van der Waals surface area contributed by atoms with Crippen molar-refractivity contribution in [1.82, 2.24) is 0 Å². The van der Waals surface area contributed by atoms with Crippen molar-refractivity contribution in [2.45, 2.75) is 13.0 Å². The highest BCUT2D eigenvalue weighted by Crippen LogP contribution is 2.28. The first-order valence-corrected chi connectivity index (χ1v) is 6.90. The summed E-state index contributed by atoms with van der Waals surface area (Å²) in [7, 11) is 0. The van der Waals surface area contributed by atoms with Crippen LogP contribution in [0.4, 0.5) is 10.1 Å². The van der Waals surface area contributed by atoms with Crippen LogP contribution in [-0.2, 0) is 4.79 Å². The molecule has 6 heteroatoms. The molecule has 110 valence electrons. The average Bonchev–Trinajstić information content (AvgIpc) is 2.45. The predicted molar refractivity (Wildman–Crippen MR) is 81.6 cm³/mol. The van der Waals surface area contributed by atoms with Gasteiger partial charge in [0.05, 0.1) is 10.7 Å². The second kappa shape index (κ2) is 6.78. The van der Waals surface area contributed by atoms with Gasteiger partial charge >= 0.3 is 0 Å². The monoisotopic (exact) mass is 327 g/mol. The smallest absolute Gasteiger partial charge is 0.265 e. The van der Waals surface area contributed by atoms with Crippen LogP contribution >= 0.6 is 23.2 Å². The van der Waals surface area contributed by atoms with Crippen molar-refractivity contribution < 1.29 is 13.9 Å². The highest BCUT2D eigenvalue weighted by Gasteiger charge is 2.17. The second-order valence-corrected chi connectivity index (χ2v) is 5.15. The van der Waals surface area contributed by atoms with Crippen LogP contribution in [0.2, 0.25) is 10.0 Å². The molecule has 0 saturated carbocycles. The minimum atomic E-state index is -0.861. The molecule has 0 bridgehead atoms. The zero-order valence-electron chi connectivity index (χ0n) is 11.1. The molecule has 0 heterocycles. The van der Waals surface area contributed by atoms with Crippen LogP contribution in [0.5, 0.6) is 5.75 Å². The quantitative estimate of drug-likeness (QED) is 0.895. The molecule has 3 nitrogen and oxygen atoms in total. The van der Waals surface area contributed by atoms with Gasteiger partial charge in [0.25, 0.3) is 5.91 Å². The third-order valence-electron chi connectivity index (χ3n) is 2.70. The summed E-state index contributed by atoms with van der Waals surface area (Å²) in [6.07, 6.45) is -0.861. The number of hydrogen-bond donors (Lipinski definition) is 1. The minimum absolute atomic E-state index is 0.0927. The fourth-order valence-electron chi connectivity index (χ4n) is 1.61. The van der Waals surface area contributed by atoms with Crippen LogP contribution in [0.25, 0.3) is 0 Å². The standard InChI is InChI=1S/C15H12Cl2FNO2/c1-9(21-14-8-10(16)6-7-11(14)17)15(20)19-13-5-3-2-4-12(13)18/h2-9H,1H3,(H,19,20)/t9-/m0/s1. The van der Waals surface area contributed by atoms with Gasteiger partial charge in [-0.1, -0.05) is 35.3 Å². The van der Waals surface area contributed by atoms with Crippen LogP contribution in [0.1, 0.15) is 6.92 Å². The van der Waals surface area contributed by atoms with Crippen LogP contribution in [0.3, 0.4) is 0 Å². The van der Waals surface area contributed by atoms with E-state index in [9.17, 15) is 9.18 Å². The van der Waals surface area contributed by atoms with E-state index in [1.54, 1.807) is 18.2 Å². The number of benzene rings is 2. The molecule has 0 aliphatic carbocycles. The summed E-state index contributed by atoms with van der Waals surface area (Å²) in [5.74, 6) is -0.713. The van der Waals surface area contributed by atoms with Gasteiger partial charge in [0, 0.05) is 11.1 Å². The van der Waals surface area contributed by atoms with Gasteiger partial charge < -0.3 is 10.1 Å². The molecule has 1 N–H and O–H groups in total. The van der Waals surface area contributed by atoms with E-state index in [0.29, 0.717) is 15.8 Å². The Morgan fingerprint density at radius 3 is 2.67 bits per heavy atom. The predicted octanol–water partition coefficient (Wildman–Crippen LogP) is 4.54. The van der Waals surface area contributed by atoms with E-state index >= 15 is 0 Å². The summed E-state index contributed by atoms with van der Waals surface area (Å²) in [5.41, 5.74) is 0.0927. The Hall–Kier alpha value is -1.78. The molecule has 0 spiro atoms. The SMILES string of the molecule is C[C@H](Oc1cc(Cl)ccc1Cl)C(=O)Nc1ccccc1F. The number of hydrogen-bond acceptors (Lipinski definition) is 2. The molecule has 0 aliphatic heterocycles. The summed E-state index contributed by atoms with van der Waals surface area (Å²) in [6.45, 7) is 1.54. The van der Waals surface area contributed by atoms with Gasteiger partial charge in [-0.2, -0.15) is 0 Å². The Morgan fingerprint density at radius 2 is 1.95 bits per heavy atom.